The monoisotopic (exact) mass is 244 g/mol. The standard InChI is InChI=1S/C8H6F2N4OS/c1-16(15)8-11-12-13-14(8)5-2-3-6(9)7(10)4-5/h2-4H,1H3. The Morgan fingerprint density at radius 1 is 1.31 bits per heavy atom. The van der Waals surface area contributed by atoms with E-state index in [0.29, 0.717) is 0 Å². The van der Waals surface area contributed by atoms with Gasteiger partial charge in [0.15, 0.2) is 11.6 Å². The molecule has 0 fully saturated rings. The molecular formula is C8H6F2N4OS. The Bertz CT molecular complexity index is 557. The first-order chi connectivity index (χ1) is 7.59. The summed E-state index contributed by atoms with van der Waals surface area (Å²) in [6, 6.07) is 3.18. The van der Waals surface area contributed by atoms with E-state index in [2.05, 4.69) is 15.5 Å². The van der Waals surface area contributed by atoms with Gasteiger partial charge in [0, 0.05) is 12.3 Å². The highest BCUT2D eigenvalue weighted by Crippen LogP contribution is 2.13. The van der Waals surface area contributed by atoms with Crippen LogP contribution in [0.25, 0.3) is 5.69 Å². The lowest BCUT2D eigenvalue weighted by atomic mass is 10.3. The fraction of sp³-hybridized carbons (Fsp3) is 0.125. The first kappa shape index (κ1) is 10.8. The molecule has 84 valence electrons. The average molecular weight is 244 g/mol. The van der Waals surface area contributed by atoms with E-state index < -0.39 is 22.4 Å². The SMILES string of the molecule is CS(=O)c1nnnn1-c1ccc(F)c(F)c1. The van der Waals surface area contributed by atoms with E-state index in [0.717, 1.165) is 16.8 Å². The largest absolute Gasteiger partial charge is 0.251 e. The van der Waals surface area contributed by atoms with Gasteiger partial charge in [0.2, 0.25) is 5.16 Å². The molecule has 16 heavy (non-hydrogen) atoms. The van der Waals surface area contributed by atoms with Crippen molar-refractivity contribution in [1.29, 1.82) is 0 Å². The predicted octanol–water partition coefficient (Wildman–Crippen LogP) is 0.678. The van der Waals surface area contributed by atoms with E-state index in [4.69, 9.17) is 0 Å². The van der Waals surface area contributed by atoms with Crippen molar-refractivity contribution in [2.45, 2.75) is 5.16 Å². The molecule has 8 heteroatoms. The minimum Gasteiger partial charge on any atom is -0.251 e. The van der Waals surface area contributed by atoms with Crippen LogP contribution in [0, 0.1) is 11.6 Å². The maximum atomic E-state index is 13.0. The van der Waals surface area contributed by atoms with Gasteiger partial charge in [0.25, 0.3) is 0 Å². The van der Waals surface area contributed by atoms with Crippen molar-refractivity contribution in [2.24, 2.45) is 0 Å². The predicted molar refractivity (Wildman–Crippen MR) is 51.4 cm³/mol. The van der Waals surface area contributed by atoms with Crippen LogP contribution in [-0.2, 0) is 10.8 Å². The van der Waals surface area contributed by atoms with Crippen LogP contribution in [0.15, 0.2) is 23.4 Å². The second-order valence-corrected chi connectivity index (χ2v) is 4.20. The molecule has 1 unspecified atom stereocenters. The lowest BCUT2D eigenvalue weighted by Gasteiger charge is -2.02. The third-order valence-corrected chi connectivity index (χ3v) is 2.61. The number of halogens is 2. The van der Waals surface area contributed by atoms with Crippen LogP contribution >= 0.6 is 0 Å². The van der Waals surface area contributed by atoms with E-state index in [9.17, 15) is 13.0 Å². The Morgan fingerprint density at radius 3 is 2.69 bits per heavy atom. The summed E-state index contributed by atoms with van der Waals surface area (Å²) in [5.41, 5.74) is 0.217. The highest BCUT2D eigenvalue weighted by molar-refractivity contribution is 7.84. The summed E-state index contributed by atoms with van der Waals surface area (Å²) >= 11 is 0. The van der Waals surface area contributed by atoms with Crippen molar-refractivity contribution in [3.05, 3.63) is 29.8 Å². The summed E-state index contributed by atoms with van der Waals surface area (Å²) in [7, 11) is -1.41. The van der Waals surface area contributed by atoms with Crippen LogP contribution in [0.4, 0.5) is 8.78 Å². The molecule has 1 heterocycles. The summed E-state index contributed by atoms with van der Waals surface area (Å²) in [6.07, 6.45) is 1.39. The minimum absolute atomic E-state index is 0.0750. The molecule has 2 aromatic rings. The van der Waals surface area contributed by atoms with Crippen molar-refractivity contribution in [3.63, 3.8) is 0 Å². The summed E-state index contributed by atoms with van der Waals surface area (Å²) in [6.45, 7) is 0. The molecule has 0 radical (unpaired) electrons. The van der Waals surface area contributed by atoms with Crippen LogP contribution in [0.3, 0.4) is 0 Å². The normalized spacial score (nSPS) is 12.7. The Labute approximate surface area is 91.5 Å². The molecule has 0 saturated heterocycles. The molecule has 1 aromatic heterocycles. The van der Waals surface area contributed by atoms with Crippen molar-refractivity contribution in [1.82, 2.24) is 20.2 Å². The molecule has 0 bridgehead atoms. The third-order valence-electron chi connectivity index (χ3n) is 1.85. The maximum absolute atomic E-state index is 13.0. The van der Waals surface area contributed by atoms with Crippen LogP contribution in [0.5, 0.6) is 0 Å². The van der Waals surface area contributed by atoms with Gasteiger partial charge in [-0.3, -0.25) is 4.21 Å². The van der Waals surface area contributed by atoms with E-state index >= 15 is 0 Å². The second kappa shape index (κ2) is 4.05. The molecule has 0 aliphatic carbocycles. The second-order valence-electron chi connectivity index (χ2n) is 2.93. The Hall–Kier alpha value is -1.70. The highest BCUT2D eigenvalue weighted by atomic mass is 32.2. The summed E-state index contributed by atoms with van der Waals surface area (Å²) in [5, 5.41) is 10.5. The summed E-state index contributed by atoms with van der Waals surface area (Å²) < 4.78 is 38.0. The van der Waals surface area contributed by atoms with Crippen molar-refractivity contribution >= 4 is 10.8 Å². The van der Waals surface area contributed by atoms with Crippen molar-refractivity contribution < 1.29 is 13.0 Å². The van der Waals surface area contributed by atoms with Gasteiger partial charge in [-0.05, 0) is 22.6 Å². The number of benzene rings is 1. The zero-order valence-electron chi connectivity index (χ0n) is 8.09. The summed E-state index contributed by atoms with van der Waals surface area (Å²) in [4.78, 5) is 0. The lowest BCUT2D eigenvalue weighted by Crippen LogP contribution is -2.05. The third kappa shape index (κ3) is 1.83. The Morgan fingerprint density at radius 2 is 2.06 bits per heavy atom. The fourth-order valence-corrected chi connectivity index (χ4v) is 1.67. The number of aromatic nitrogens is 4. The molecule has 0 spiro atoms. The van der Waals surface area contributed by atoms with Crippen LogP contribution in [0.2, 0.25) is 0 Å². The molecule has 5 nitrogen and oxygen atoms in total. The maximum Gasteiger partial charge on any atom is 0.244 e. The van der Waals surface area contributed by atoms with Gasteiger partial charge in [0.05, 0.1) is 16.5 Å². The summed E-state index contributed by atoms with van der Waals surface area (Å²) in [5.74, 6) is -1.98. The lowest BCUT2D eigenvalue weighted by molar-refractivity contribution is 0.506. The van der Waals surface area contributed by atoms with E-state index in [1.165, 1.54) is 12.3 Å². The minimum atomic E-state index is -1.41. The van der Waals surface area contributed by atoms with Gasteiger partial charge >= 0.3 is 0 Å². The molecule has 0 aliphatic rings. The first-order valence-corrected chi connectivity index (χ1v) is 5.72. The number of tetrazole rings is 1. The number of nitrogens with zero attached hydrogens (tertiary/aromatic N) is 4. The van der Waals surface area contributed by atoms with Crippen molar-refractivity contribution in [3.8, 4) is 5.69 Å². The zero-order chi connectivity index (χ0) is 11.7. The first-order valence-electron chi connectivity index (χ1n) is 4.17. The topological polar surface area (TPSA) is 60.7 Å². The van der Waals surface area contributed by atoms with Gasteiger partial charge in [-0.25, -0.2) is 8.78 Å². The van der Waals surface area contributed by atoms with Gasteiger partial charge in [0.1, 0.15) is 0 Å². The zero-order valence-corrected chi connectivity index (χ0v) is 8.91. The van der Waals surface area contributed by atoms with Crippen LogP contribution in [-0.4, -0.2) is 30.7 Å². The Kier molecular flexibility index (Phi) is 2.73. The molecule has 1 atom stereocenters. The molecule has 0 N–H and O–H groups in total. The fourth-order valence-electron chi connectivity index (χ4n) is 1.14. The average Bonchev–Trinajstić information content (AvgIpc) is 2.71. The Balaban J connectivity index is 2.54. The van der Waals surface area contributed by atoms with Crippen LogP contribution < -0.4 is 0 Å². The van der Waals surface area contributed by atoms with Crippen molar-refractivity contribution in [2.75, 3.05) is 6.26 Å². The quantitative estimate of drug-likeness (QED) is 0.779. The van der Waals surface area contributed by atoms with E-state index in [1.54, 1.807) is 0 Å². The van der Waals surface area contributed by atoms with Gasteiger partial charge in [-0.15, -0.1) is 0 Å². The number of hydrogen-bond donors (Lipinski definition) is 0. The molecular weight excluding hydrogens is 238 g/mol. The number of hydrogen-bond acceptors (Lipinski definition) is 4. The number of rotatable bonds is 2. The van der Waals surface area contributed by atoms with Crippen LogP contribution in [0.1, 0.15) is 0 Å². The molecule has 0 amide bonds. The smallest absolute Gasteiger partial charge is 0.244 e. The van der Waals surface area contributed by atoms with Gasteiger partial charge in [-0.1, -0.05) is 5.10 Å². The molecule has 0 aliphatic heterocycles. The molecule has 2 rings (SSSR count). The van der Waals surface area contributed by atoms with E-state index in [1.807, 2.05) is 0 Å². The van der Waals surface area contributed by atoms with E-state index in [-0.39, 0.29) is 10.8 Å². The van der Waals surface area contributed by atoms with Gasteiger partial charge < -0.3 is 0 Å². The highest BCUT2D eigenvalue weighted by Gasteiger charge is 2.13. The molecule has 0 saturated carbocycles. The van der Waals surface area contributed by atoms with Gasteiger partial charge in [-0.2, -0.15) is 4.68 Å². The molecule has 1 aromatic carbocycles.